The molecule has 0 unspecified atom stereocenters. The van der Waals surface area contributed by atoms with Crippen molar-refractivity contribution in [1.29, 1.82) is 0 Å². The van der Waals surface area contributed by atoms with Crippen molar-refractivity contribution in [2.75, 3.05) is 14.1 Å². The molecule has 118 valence electrons. The smallest absolute Gasteiger partial charge is 0.321 e. The molecule has 0 bridgehead atoms. The fourth-order valence-electron chi connectivity index (χ4n) is 1.43. The highest BCUT2D eigenvalue weighted by Crippen LogP contribution is 2.31. The molecule has 1 heterocycles. The van der Waals surface area contributed by atoms with Gasteiger partial charge in [-0.25, -0.2) is 4.98 Å². The number of aliphatic carboxylic acids is 1. The van der Waals surface area contributed by atoms with Crippen LogP contribution in [0.5, 0.6) is 0 Å². The molecule has 0 saturated heterocycles. The number of carbonyl (C=O) groups excluding carboxylic acids is 1. The molecular weight excluding hydrogens is 310 g/mol. The quantitative estimate of drug-likeness (QED) is 0.779. The zero-order chi connectivity index (χ0) is 16.2. The fraction of sp³-hybridized carbons (Fsp3) is 0.615. The molecular formula is C13H21N3O3S2. The van der Waals surface area contributed by atoms with Gasteiger partial charge in [-0.2, -0.15) is 0 Å². The summed E-state index contributed by atoms with van der Waals surface area (Å²) in [6.07, 6.45) is 0.292. The minimum absolute atomic E-state index is 0.0109. The average Bonchev–Trinajstić information content (AvgIpc) is 2.83. The first-order valence-electron chi connectivity index (χ1n) is 6.39. The number of aromatic nitrogens is 1. The van der Waals surface area contributed by atoms with Crippen LogP contribution < -0.4 is 5.73 Å². The summed E-state index contributed by atoms with van der Waals surface area (Å²) in [7, 11) is 3.42. The Hall–Kier alpha value is -1.12. The summed E-state index contributed by atoms with van der Waals surface area (Å²) in [6.45, 7) is 3.61. The molecule has 21 heavy (non-hydrogen) atoms. The monoisotopic (exact) mass is 331 g/mol. The number of nitrogens with zero attached hydrogens (tertiary/aromatic N) is 2. The molecule has 1 aromatic heterocycles. The molecule has 0 fully saturated rings. The highest BCUT2D eigenvalue weighted by Gasteiger charge is 2.32. The SMILES string of the molecule is CN(C)C(=O)Cc1nc(CSC(C)(C)[C@H](N)C(=O)O)cs1. The van der Waals surface area contributed by atoms with Crippen molar-refractivity contribution < 1.29 is 14.7 Å². The number of thioether (sulfide) groups is 1. The molecule has 3 N–H and O–H groups in total. The number of likely N-dealkylation sites (N-methyl/N-ethyl adjacent to an activating group) is 1. The number of nitrogens with two attached hydrogens (primary N) is 1. The van der Waals surface area contributed by atoms with E-state index in [0.717, 1.165) is 10.7 Å². The second kappa shape index (κ2) is 7.24. The molecule has 0 saturated carbocycles. The van der Waals surface area contributed by atoms with Gasteiger partial charge in [-0.05, 0) is 13.8 Å². The summed E-state index contributed by atoms with van der Waals surface area (Å²) in [5.41, 5.74) is 6.52. The van der Waals surface area contributed by atoms with Crippen LogP contribution in [-0.2, 0) is 21.8 Å². The van der Waals surface area contributed by atoms with Gasteiger partial charge in [0.15, 0.2) is 0 Å². The van der Waals surface area contributed by atoms with Gasteiger partial charge in [0, 0.05) is 30.0 Å². The number of amides is 1. The van der Waals surface area contributed by atoms with Gasteiger partial charge < -0.3 is 15.7 Å². The summed E-state index contributed by atoms with van der Waals surface area (Å²) >= 11 is 2.89. The molecule has 0 aliphatic heterocycles. The van der Waals surface area contributed by atoms with E-state index in [0.29, 0.717) is 12.2 Å². The number of hydrogen-bond acceptors (Lipinski definition) is 6. The number of carboxylic acid groups (broad SMARTS) is 1. The minimum atomic E-state index is -1.01. The van der Waals surface area contributed by atoms with Gasteiger partial charge in [-0.3, -0.25) is 9.59 Å². The molecule has 0 aliphatic carbocycles. The molecule has 1 amide bonds. The first-order valence-corrected chi connectivity index (χ1v) is 8.25. The number of carboxylic acids is 1. The lowest BCUT2D eigenvalue weighted by Crippen LogP contribution is -2.46. The van der Waals surface area contributed by atoms with Crippen molar-refractivity contribution in [3.8, 4) is 0 Å². The molecule has 0 aromatic carbocycles. The largest absolute Gasteiger partial charge is 0.480 e. The first kappa shape index (κ1) is 17.9. The van der Waals surface area contributed by atoms with Crippen molar-refractivity contribution in [1.82, 2.24) is 9.88 Å². The van der Waals surface area contributed by atoms with E-state index in [1.807, 2.05) is 5.38 Å². The van der Waals surface area contributed by atoms with Gasteiger partial charge in [0.25, 0.3) is 0 Å². The maximum Gasteiger partial charge on any atom is 0.321 e. The Balaban J connectivity index is 2.59. The zero-order valence-corrected chi connectivity index (χ0v) is 14.3. The van der Waals surface area contributed by atoms with E-state index < -0.39 is 16.8 Å². The van der Waals surface area contributed by atoms with Gasteiger partial charge in [0.1, 0.15) is 11.0 Å². The Morgan fingerprint density at radius 1 is 1.52 bits per heavy atom. The lowest BCUT2D eigenvalue weighted by atomic mass is 10.1. The third kappa shape index (κ3) is 5.29. The normalized spacial score (nSPS) is 13.0. The predicted molar refractivity (Wildman–Crippen MR) is 85.5 cm³/mol. The molecule has 0 aliphatic rings. The Labute approximate surface area is 132 Å². The summed E-state index contributed by atoms with van der Waals surface area (Å²) in [5.74, 6) is -0.430. The lowest BCUT2D eigenvalue weighted by molar-refractivity contribution is -0.139. The van der Waals surface area contributed by atoms with Crippen molar-refractivity contribution in [2.45, 2.75) is 36.8 Å². The van der Waals surface area contributed by atoms with Crippen LogP contribution >= 0.6 is 23.1 Å². The summed E-state index contributed by atoms with van der Waals surface area (Å²) < 4.78 is -0.588. The third-order valence-electron chi connectivity index (χ3n) is 3.01. The summed E-state index contributed by atoms with van der Waals surface area (Å²) in [6, 6.07) is -0.934. The van der Waals surface area contributed by atoms with Crippen molar-refractivity contribution in [3.05, 3.63) is 16.1 Å². The minimum Gasteiger partial charge on any atom is -0.480 e. The number of thiazole rings is 1. The topological polar surface area (TPSA) is 96.5 Å². The van der Waals surface area contributed by atoms with Gasteiger partial charge >= 0.3 is 5.97 Å². The average molecular weight is 331 g/mol. The summed E-state index contributed by atoms with van der Waals surface area (Å²) in [4.78, 5) is 28.5. The van der Waals surface area contributed by atoms with Crippen LogP contribution in [0.2, 0.25) is 0 Å². The number of hydrogen-bond donors (Lipinski definition) is 2. The van der Waals surface area contributed by atoms with E-state index in [1.165, 1.54) is 28.0 Å². The highest BCUT2D eigenvalue weighted by molar-refractivity contribution is 7.99. The van der Waals surface area contributed by atoms with Gasteiger partial charge in [-0.15, -0.1) is 23.1 Å². The van der Waals surface area contributed by atoms with Crippen LogP contribution in [0.4, 0.5) is 0 Å². The standard InChI is InChI=1S/C13H21N3O3S2/c1-13(2,11(14)12(18)19)21-7-8-6-20-9(15-8)5-10(17)16(3)4/h6,11H,5,7,14H2,1-4H3,(H,18,19)/t11-/m1/s1. The van der Waals surface area contributed by atoms with Crippen molar-refractivity contribution >= 4 is 35.0 Å². The van der Waals surface area contributed by atoms with E-state index in [4.69, 9.17) is 10.8 Å². The van der Waals surface area contributed by atoms with Crippen LogP contribution in [0, 0.1) is 0 Å². The molecule has 8 heteroatoms. The second-order valence-electron chi connectivity index (χ2n) is 5.41. The van der Waals surface area contributed by atoms with Crippen LogP contribution in [-0.4, -0.2) is 51.8 Å². The van der Waals surface area contributed by atoms with E-state index in [1.54, 1.807) is 27.9 Å². The van der Waals surface area contributed by atoms with Crippen LogP contribution in [0.15, 0.2) is 5.38 Å². The maximum atomic E-state index is 11.6. The fourth-order valence-corrected chi connectivity index (χ4v) is 3.27. The zero-order valence-electron chi connectivity index (χ0n) is 12.6. The van der Waals surface area contributed by atoms with Crippen LogP contribution in [0.25, 0.3) is 0 Å². The van der Waals surface area contributed by atoms with Gasteiger partial charge in [0.05, 0.1) is 12.1 Å². The molecule has 6 nitrogen and oxygen atoms in total. The van der Waals surface area contributed by atoms with E-state index >= 15 is 0 Å². The second-order valence-corrected chi connectivity index (χ2v) is 7.98. The number of carbonyl (C=O) groups is 2. The van der Waals surface area contributed by atoms with Crippen molar-refractivity contribution in [3.63, 3.8) is 0 Å². The molecule has 1 aromatic rings. The molecule has 1 atom stereocenters. The Morgan fingerprint density at radius 3 is 2.67 bits per heavy atom. The predicted octanol–water partition coefficient (Wildman–Crippen LogP) is 1.20. The summed E-state index contributed by atoms with van der Waals surface area (Å²) in [5, 5.41) is 11.6. The highest BCUT2D eigenvalue weighted by atomic mass is 32.2. The van der Waals surface area contributed by atoms with Gasteiger partial charge in [0.2, 0.25) is 5.91 Å². The Bertz CT molecular complexity index is 515. The number of rotatable bonds is 7. The third-order valence-corrected chi connectivity index (χ3v) is 5.34. The lowest BCUT2D eigenvalue weighted by Gasteiger charge is -2.27. The van der Waals surface area contributed by atoms with E-state index in [9.17, 15) is 9.59 Å². The molecule has 0 spiro atoms. The maximum absolute atomic E-state index is 11.6. The molecule has 1 rings (SSSR count). The van der Waals surface area contributed by atoms with Gasteiger partial charge in [-0.1, -0.05) is 0 Å². The van der Waals surface area contributed by atoms with E-state index in [2.05, 4.69) is 4.98 Å². The Morgan fingerprint density at radius 2 is 2.14 bits per heavy atom. The van der Waals surface area contributed by atoms with Crippen LogP contribution in [0.1, 0.15) is 24.5 Å². The van der Waals surface area contributed by atoms with Crippen molar-refractivity contribution in [2.24, 2.45) is 5.73 Å². The Kier molecular flexibility index (Phi) is 6.18. The van der Waals surface area contributed by atoms with E-state index in [-0.39, 0.29) is 5.91 Å². The molecule has 0 radical (unpaired) electrons. The first-order chi connectivity index (χ1) is 9.63. The van der Waals surface area contributed by atoms with Crippen LogP contribution in [0.3, 0.4) is 0 Å².